The molecule has 61 valence electrons. The lowest BCUT2D eigenvalue weighted by molar-refractivity contribution is 0.582. The van der Waals surface area contributed by atoms with E-state index in [1.165, 1.54) is 0 Å². The molecule has 0 N–H and O–H groups in total. The normalized spacial score (nSPS) is 12.3. The Bertz CT molecular complexity index is 454. The van der Waals surface area contributed by atoms with Crippen molar-refractivity contribution >= 4 is 13.2 Å². The molecule has 0 aliphatic carbocycles. The number of hydrogen-bond donors (Lipinski definition) is 0. The van der Waals surface area contributed by atoms with E-state index in [1.807, 2.05) is 16.8 Å². The Kier molecular flexibility index (Phi) is 1.22. The number of rotatable bonds is 0. The molecule has 3 heterocycles. The average molecular weight is 170 g/mol. The molecule has 0 atom stereocenters. The Balaban J connectivity index is 2.30. The van der Waals surface area contributed by atoms with Gasteiger partial charge >= 0.3 is 7.48 Å². The zero-order valence-electron chi connectivity index (χ0n) is 6.71. The molecule has 2 aromatic rings. The monoisotopic (exact) mass is 170 g/mol. The smallest absolute Gasteiger partial charge is 0.450 e. The third kappa shape index (κ3) is 0.868. The Morgan fingerprint density at radius 2 is 2.38 bits per heavy atom. The van der Waals surface area contributed by atoms with Crippen LogP contribution in [0.4, 0.5) is 0 Å². The summed E-state index contributed by atoms with van der Waals surface area (Å²) >= 11 is 0. The molecule has 13 heavy (non-hydrogen) atoms. The van der Waals surface area contributed by atoms with Gasteiger partial charge in [-0.3, -0.25) is 4.98 Å². The second kappa shape index (κ2) is 2.35. The Morgan fingerprint density at radius 3 is 3.38 bits per heavy atom. The number of nitrogens with zero attached hydrogens (tertiary/aromatic N) is 3. The van der Waals surface area contributed by atoms with Crippen LogP contribution in [0.25, 0.3) is 5.69 Å². The third-order valence-corrected chi connectivity index (χ3v) is 1.98. The van der Waals surface area contributed by atoms with Crippen LogP contribution in [0, 0.1) is 0 Å². The first kappa shape index (κ1) is 6.71. The van der Waals surface area contributed by atoms with Crippen LogP contribution >= 0.6 is 0 Å². The van der Waals surface area contributed by atoms with E-state index in [2.05, 4.69) is 9.97 Å². The molecule has 0 unspecified atom stereocenters. The van der Waals surface area contributed by atoms with Crippen LogP contribution in [-0.2, 0) is 0 Å². The molecule has 0 amide bonds. The summed E-state index contributed by atoms with van der Waals surface area (Å²) in [4.78, 5) is 8.09. The van der Waals surface area contributed by atoms with Gasteiger partial charge in [-0.2, -0.15) is 0 Å². The van der Waals surface area contributed by atoms with Crippen molar-refractivity contribution in [3.8, 4) is 11.4 Å². The fourth-order valence-electron chi connectivity index (χ4n) is 1.38. The largest absolute Gasteiger partial charge is 0.553 e. The molecule has 5 heteroatoms. The van der Waals surface area contributed by atoms with Gasteiger partial charge in [0.05, 0.1) is 11.9 Å². The molecule has 1 aliphatic heterocycles. The summed E-state index contributed by atoms with van der Waals surface area (Å²) in [6.07, 6.45) is 7.06. The molecular weight excluding hydrogens is 165 g/mol. The minimum atomic E-state index is 0.757. The summed E-state index contributed by atoms with van der Waals surface area (Å²) in [5.41, 5.74) is 1.78. The van der Waals surface area contributed by atoms with Crippen LogP contribution in [0.1, 0.15) is 0 Å². The maximum atomic E-state index is 5.34. The highest BCUT2D eigenvalue weighted by molar-refractivity contribution is 6.46. The van der Waals surface area contributed by atoms with Gasteiger partial charge in [-0.1, -0.05) is 0 Å². The molecule has 2 aromatic heterocycles. The highest BCUT2D eigenvalue weighted by Crippen LogP contribution is 2.21. The molecular formula is C8H5BN3O. The molecule has 0 aromatic carbocycles. The first-order chi connectivity index (χ1) is 6.45. The minimum absolute atomic E-state index is 0.757. The lowest BCUT2D eigenvalue weighted by atomic mass is 9.98. The highest BCUT2D eigenvalue weighted by atomic mass is 16.4. The topological polar surface area (TPSA) is 39.9 Å². The fourth-order valence-corrected chi connectivity index (χ4v) is 1.38. The Morgan fingerprint density at radius 1 is 1.38 bits per heavy atom. The van der Waals surface area contributed by atoms with Crippen LogP contribution < -0.4 is 10.4 Å². The van der Waals surface area contributed by atoms with Gasteiger partial charge in [-0.05, 0) is 6.07 Å². The predicted molar refractivity (Wildman–Crippen MR) is 47.4 cm³/mol. The quantitative estimate of drug-likeness (QED) is 0.518. The third-order valence-electron chi connectivity index (χ3n) is 1.98. The van der Waals surface area contributed by atoms with Crippen LogP contribution in [0.5, 0.6) is 5.75 Å². The lowest BCUT2D eigenvalue weighted by Crippen LogP contribution is -2.33. The highest BCUT2D eigenvalue weighted by Gasteiger charge is 2.18. The van der Waals surface area contributed by atoms with E-state index in [-0.39, 0.29) is 0 Å². The van der Waals surface area contributed by atoms with Crippen LogP contribution in [0.3, 0.4) is 0 Å². The molecule has 0 fully saturated rings. The summed E-state index contributed by atoms with van der Waals surface area (Å²) < 4.78 is 7.30. The predicted octanol–water partition coefficient (Wildman–Crippen LogP) is -0.0958. The second-order valence-electron chi connectivity index (χ2n) is 2.73. The second-order valence-corrected chi connectivity index (χ2v) is 2.73. The van der Waals surface area contributed by atoms with Crippen molar-refractivity contribution in [1.82, 2.24) is 14.5 Å². The van der Waals surface area contributed by atoms with Crippen molar-refractivity contribution in [3.63, 3.8) is 0 Å². The van der Waals surface area contributed by atoms with Crippen molar-refractivity contribution in [1.29, 1.82) is 0 Å². The summed E-state index contributed by atoms with van der Waals surface area (Å²) in [7, 11) is 1.62. The van der Waals surface area contributed by atoms with Gasteiger partial charge in [0, 0.05) is 18.6 Å². The lowest BCUT2D eigenvalue weighted by Gasteiger charge is -2.17. The van der Waals surface area contributed by atoms with Crippen LogP contribution in [0.2, 0.25) is 0 Å². The van der Waals surface area contributed by atoms with Gasteiger partial charge in [-0.15, -0.1) is 0 Å². The molecule has 3 rings (SSSR count). The zero-order valence-corrected chi connectivity index (χ0v) is 6.71. The number of hydrogen-bond acceptors (Lipinski definition) is 3. The Labute approximate surface area is 75.5 Å². The number of pyridine rings is 1. The number of fused-ring (bicyclic) bond motifs is 3. The fraction of sp³-hybridized carbons (Fsp3) is 0. The molecule has 0 saturated carbocycles. The molecule has 1 radical (unpaired) electrons. The van der Waals surface area contributed by atoms with E-state index >= 15 is 0 Å². The Hall–Kier alpha value is -1.78. The van der Waals surface area contributed by atoms with Crippen molar-refractivity contribution < 1.29 is 4.65 Å². The minimum Gasteiger partial charge on any atom is -0.553 e. The van der Waals surface area contributed by atoms with Crippen molar-refractivity contribution in [2.75, 3.05) is 0 Å². The maximum absolute atomic E-state index is 5.34. The van der Waals surface area contributed by atoms with Gasteiger partial charge in [-0.25, -0.2) is 4.98 Å². The van der Waals surface area contributed by atoms with Gasteiger partial charge in [0.2, 0.25) is 0 Å². The van der Waals surface area contributed by atoms with Gasteiger partial charge in [0.25, 0.3) is 0 Å². The molecule has 1 aliphatic rings. The van der Waals surface area contributed by atoms with E-state index in [1.54, 1.807) is 26.1 Å². The maximum Gasteiger partial charge on any atom is 0.450 e. The van der Waals surface area contributed by atoms with Gasteiger partial charge in [0.1, 0.15) is 11.5 Å². The summed E-state index contributed by atoms with van der Waals surface area (Å²) in [6, 6.07) is 1.90. The first-order valence-electron chi connectivity index (χ1n) is 3.93. The standard InChI is InChI=1S/C8H5BN3O/c1-2-10-5-7-6(1)12-4-3-11-8(12)9-13-7/h1-5H. The summed E-state index contributed by atoms with van der Waals surface area (Å²) in [5.74, 6) is 0.757. The summed E-state index contributed by atoms with van der Waals surface area (Å²) in [5, 5.41) is 0. The van der Waals surface area contributed by atoms with E-state index < -0.39 is 0 Å². The van der Waals surface area contributed by atoms with E-state index in [4.69, 9.17) is 4.65 Å². The van der Waals surface area contributed by atoms with Crippen LogP contribution in [0.15, 0.2) is 30.9 Å². The van der Waals surface area contributed by atoms with E-state index in [0.29, 0.717) is 0 Å². The SMILES string of the molecule is [B]1Oc2cnccc2-n2ccnc21. The number of aromatic nitrogens is 3. The van der Waals surface area contributed by atoms with Crippen molar-refractivity contribution in [2.45, 2.75) is 0 Å². The van der Waals surface area contributed by atoms with E-state index in [0.717, 1.165) is 17.2 Å². The van der Waals surface area contributed by atoms with Crippen molar-refractivity contribution in [3.05, 3.63) is 30.9 Å². The van der Waals surface area contributed by atoms with Crippen molar-refractivity contribution in [2.24, 2.45) is 0 Å². The number of imidazole rings is 1. The summed E-state index contributed by atoms with van der Waals surface area (Å²) in [6.45, 7) is 0. The molecule has 0 bridgehead atoms. The zero-order chi connectivity index (χ0) is 8.67. The van der Waals surface area contributed by atoms with E-state index in [9.17, 15) is 0 Å². The van der Waals surface area contributed by atoms with Crippen LogP contribution in [-0.4, -0.2) is 22.0 Å². The molecule has 0 saturated heterocycles. The molecule has 0 spiro atoms. The van der Waals surface area contributed by atoms with Gasteiger partial charge < -0.3 is 9.22 Å². The molecule has 4 nitrogen and oxygen atoms in total. The first-order valence-corrected chi connectivity index (χ1v) is 3.93. The van der Waals surface area contributed by atoms with Gasteiger partial charge in [0.15, 0.2) is 0 Å². The average Bonchev–Trinajstić information content (AvgIpc) is 2.65.